The minimum atomic E-state index is -0.318. The van der Waals surface area contributed by atoms with Crippen LogP contribution in [0.3, 0.4) is 0 Å². The maximum absolute atomic E-state index is 13.9. The van der Waals surface area contributed by atoms with E-state index in [0.29, 0.717) is 30.1 Å². The fourth-order valence-corrected chi connectivity index (χ4v) is 5.74. The molecule has 2 aliphatic rings. The number of carbonyl (C=O) groups is 1. The zero-order chi connectivity index (χ0) is 26.1. The first-order valence-corrected chi connectivity index (χ1v) is 12.8. The zero-order valence-electron chi connectivity index (χ0n) is 21.2. The number of hydrogen-bond donors (Lipinski definition) is 2. The van der Waals surface area contributed by atoms with Crippen LogP contribution in [0, 0.1) is 0 Å². The summed E-state index contributed by atoms with van der Waals surface area (Å²) in [6.07, 6.45) is 1.02. The molecule has 1 aliphatic heterocycles. The van der Waals surface area contributed by atoms with Gasteiger partial charge in [0.25, 0.3) is 0 Å². The molecular weight excluding hydrogens is 536 g/mol. The highest BCUT2D eigenvalue weighted by atomic mass is 79.9. The van der Waals surface area contributed by atoms with Gasteiger partial charge in [0.2, 0.25) is 5.75 Å². The second kappa shape index (κ2) is 10.4. The molecule has 2 atom stereocenters. The number of hydrogen-bond acceptors (Lipinski definition) is 7. The highest BCUT2D eigenvalue weighted by molar-refractivity contribution is 9.10. The van der Waals surface area contributed by atoms with Crippen molar-refractivity contribution in [3.63, 3.8) is 0 Å². The van der Waals surface area contributed by atoms with Crippen molar-refractivity contribution in [3.05, 3.63) is 81.5 Å². The smallest absolute Gasteiger partial charge is 0.203 e. The number of anilines is 2. The third kappa shape index (κ3) is 4.62. The van der Waals surface area contributed by atoms with Crippen LogP contribution in [0.2, 0.25) is 0 Å². The van der Waals surface area contributed by atoms with Gasteiger partial charge in [0.15, 0.2) is 17.3 Å². The summed E-state index contributed by atoms with van der Waals surface area (Å²) < 4.78 is 22.9. The molecule has 0 bridgehead atoms. The lowest BCUT2D eigenvalue weighted by Crippen LogP contribution is -2.27. The molecule has 8 heteroatoms. The van der Waals surface area contributed by atoms with Gasteiger partial charge >= 0.3 is 0 Å². The molecule has 0 saturated heterocycles. The number of ketones is 1. The Balaban J connectivity index is 1.60. The summed E-state index contributed by atoms with van der Waals surface area (Å²) in [5, 5.41) is 7.20. The highest BCUT2D eigenvalue weighted by Gasteiger charge is 2.36. The third-order valence-corrected chi connectivity index (χ3v) is 7.60. The largest absolute Gasteiger partial charge is 0.496 e. The lowest BCUT2D eigenvalue weighted by Gasteiger charge is -2.30. The van der Waals surface area contributed by atoms with Gasteiger partial charge in [0.1, 0.15) is 5.75 Å². The lowest BCUT2D eigenvalue weighted by molar-refractivity contribution is -0.116. The van der Waals surface area contributed by atoms with E-state index in [1.165, 1.54) is 0 Å². The van der Waals surface area contributed by atoms with E-state index < -0.39 is 0 Å². The Morgan fingerprint density at radius 3 is 2.08 bits per heavy atom. The Kier molecular flexibility index (Phi) is 7.02. The van der Waals surface area contributed by atoms with E-state index in [1.807, 2.05) is 54.6 Å². The molecule has 0 unspecified atom stereocenters. The molecule has 0 radical (unpaired) electrons. The SMILES string of the molecule is COc1ccc([C@@H]2Nc3ccccc3NC3=C2C(=O)C[C@@H](c2cc(OC)c(OC)c(OC)c2)C3)cc1Br. The number of benzene rings is 3. The fraction of sp³-hybridized carbons (Fsp3) is 0.276. The molecule has 1 aliphatic carbocycles. The summed E-state index contributed by atoms with van der Waals surface area (Å²) in [6, 6.07) is 17.5. The Labute approximate surface area is 224 Å². The number of fused-ring (bicyclic) bond motifs is 1. The van der Waals surface area contributed by atoms with Gasteiger partial charge < -0.3 is 29.6 Å². The second-order valence-electron chi connectivity index (χ2n) is 9.02. The number of rotatable bonds is 6. The first-order chi connectivity index (χ1) is 18.0. The number of ether oxygens (including phenoxy) is 4. The van der Waals surface area contributed by atoms with Crippen molar-refractivity contribution in [2.45, 2.75) is 24.8 Å². The first-order valence-electron chi connectivity index (χ1n) is 12.0. The van der Waals surface area contributed by atoms with E-state index in [0.717, 1.165) is 44.0 Å². The molecule has 3 aromatic carbocycles. The van der Waals surface area contributed by atoms with Crippen LogP contribution in [0.15, 0.2) is 70.3 Å². The fourth-order valence-electron chi connectivity index (χ4n) is 5.18. The summed E-state index contributed by atoms with van der Waals surface area (Å²) in [5.74, 6) is 2.46. The normalized spacial score (nSPS) is 18.6. The van der Waals surface area contributed by atoms with Crippen molar-refractivity contribution in [1.82, 2.24) is 0 Å². The van der Waals surface area contributed by atoms with Gasteiger partial charge in [0, 0.05) is 17.7 Å². The number of carbonyl (C=O) groups excluding carboxylic acids is 1. The molecule has 5 rings (SSSR count). The molecular formula is C29H29BrN2O5. The van der Waals surface area contributed by atoms with E-state index in [1.54, 1.807) is 28.4 Å². The number of methoxy groups -OCH3 is 4. The van der Waals surface area contributed by atoms with Crippen LogP contribution in [-0.2, 0) is 4.79 Å². The minimum absolute atomic E-state index is 0.0547. The molecule has 2 N–H and O–H groups in total. The van der Waals surface area contributed by atoms with Crippen molar-refractivity contribution in [3.8, 4) is 23.0 Å². The molecule has 1 heterocycles. The topological polar surface area (TPSA) is 78.1 Å². The van der Waals surface area contributed by atoms with Gasteiger partial charge in [0.05, 0.1) is 50.3 Å². The number of para-hydroxylation sites is 2. The van der Waals surface area contributed by atoms with Gasteiger partial charge in [-0.3, -0.25) is 4.79 Å². The maximum atomic E-state index is 13.9. The average Bonchev–Trinajstić information content (AvgIpc) is 3.09. The van der Waals surface area contributed by atoms with Crippen LogP contribution in [-0.4, -0.2) is 34.2 Å². The Hall–Kier alpha value is -3.65. The van der Waals surface area contributed by atoms with Crippen LogP contribution >= 0.6 is 15.9 Å². The average molecular weight is 565 g/mol. The van der Waals surface area contributed by atoms with Crippen LogP contribution in [0.5, 0.6) is 23.0 Å². The van der Waals surface area contributed by atoms with Crippen molar-refractivity contribution in [1.29, 1.82) is 0 Å². The summed E-state index contributed by atoms with van der Waals surface area (Å²) in [7, 11) is 6.42. The van der Waals surface area contributed by atoms with E-state index >= 15 is 0 Å². The molecule has 0 fully saturated rings. The number of halogens is 1. The molecule has 0 spiro atoms. The number of allylic oxidation sites excluding steroid dienone is 1. The Morgan fingerprint density at radius 2 is 1.46 bits per heavy atom. The van der Waals surface area contributed by atoms with Crippen molar-refractivity contribution < 1.29 is 23.7 Å². The van der Waals surface area contributed by atoms with E-state index in [4.69, 9.17) is 18.9 Å². The second-order valence-corrected chi connectivity index (χ2v) is 9.88. The summed E-state index contributed by atoms with van der Waals surface area (Å²) in [5.41, 5.74) is 5.46. The quantitative estimate of drug-likeness (QED) is 0.355. The Bertz CT molecular complexity index is 1360. The summed E-state index contributed by atoms with van der Waals surface area (Å²) in [6.45, 7) is 0. The maximum Gasteiger partial charge on any atom is 0.203 e. The van der Waals surface area contributed by atoms with E-state index in [9.17, 15) is 4.79 Å². The molecule has 0 aromatic heterocycles. The molecule has 37 heavy (non-hydrogen) atoms. The van der Waals surface area contributed by atoms with Gasteiger partial charge in [-0.05, 0) is 75.8 Å². The zero-order valence-corrected chi connectivity index (χ0v) is 22.8. The molecule has 3 aromatic rings. The lowest BCUT2D eigenvalue weighted by atomic mass is 9.78. The van der Waals surface area contributed by atoms with Gasteiger partial charge in [-0.25, -0.2) is 0 Å². The molecule has 192 valence electrons. The van der Waals surface area contributed by atoms with Crippen LogP contribution in [0.1, 0.15) is 35.9 Å². The number of Topliss-reactive ketones (excluding diaryl/α,β-unsaturated/α-hetero) is 1. The van der Waals surface area contributed by atoms with Gasteiger partial charge in [-0.2, -0.15) is 0 Å². The highest BCUT2D eigenvalue weighted by Crippen LogP contribution is 2.47. The van der Waals surface area contributed by atoms with Crippen LogP contribution < -0.4 is 29.6 Å². The minimum Gasteiger partial charge on any atom is -0.496 e. The molecule has 0 amide bonds. The summed E-state index contributed by atoms with van der Waals surface area (Å²) in [4.78, 5) is 13.9. The first kappa shape index (κ1) is 25.0. The van der Waals surface area contributed by atoms with Crippen LogP contribution in [0.4, 0.5) is 11.4 Å². The number of nitrogens with one attached hydrogen (secondary N) is 2. The predicted octanol–water partition coefficient (Wildman–Crippen LogP) is 6.46. The van der Waals surface area contributed by atoms with Gasteiger partial charge in [-0.15, -0.1) is 0 Å². The van der Waals surface area contributed by atoms with Crippen LogP contribution in [0.25, 0.3) is 0 Å². The molecule has 0 saturated carbocycles. The van der Waals surface area contributed by atoms with Gasteiger partial charge in [-0.1, -0.05) is 18.2 Å². The van der Waals surface area contributed by atoms with E-state index in [-0.39, 0.29) is 17.7 Å². The summed E-state index contributed by atoms with van der Waals surface area (Å²) >= 11 is 3.60. The Morgan fingerprint density at radius 1 is 0.784 bits per heavy atom. The monoisotopic (exact) mass is 564 g/mol. The van der Waals surface area contributed by atoms with Crippen molar-refractivity contribution in [2.24, 2.45) is 0 Å². The van der Waals surface area contributed by atoms with E-state index in [2.05, 4.69) is 26.6 Å². The molecule has 7 nitrogen and oxygen atoms in total. The van der Waals surface area contributed by atoms with Crippen molar-refractivity contribution in [2.75, 3.05) is 39.1 Å². The predicted molar refractivity (Wildman–Crippen MR) is 147 cm³/mol. The standard InChI is InChI=1S/C29H29BrN2O5/c1-34-24-10-9-16(11-19(24)30)28-27-22(31-20-7-5-6-8-21(20)32-28)12-17(13-23(27)33)18-14-25(35-2)29(37-4)26(15-18)36-3/h5-11,14-15,17,28,31-32H,12-13H2,1-4H3/t17-,28-/m0/s1. The van der Waals surface area contributed by atoms with Crippen molar-refractivity contribution >= 4 is 33.1 Å². The third-order valence-electron chi connectivity index (χ3n) is 6.98.